The molecular weight excluding hydrogens is 346 g/mol. The van der Waals surface area contributed by atoms with E-state index >= 15 is 0 Å². The molecule has 26 heavy (non-hydrogen) atoms. The summed E-state index contributed by atoms with van der Waals surface area (Å²) in [6.45, 7) is 4.41. The van der Waals surface area contributed by atoms with Gasteiger partial charge in [-0.15, -0.1) is 11.3 Å². The van der Waals surface area contributed by atoms with Crippen molar-refractivity contribution in [1.82, 2.24) is 24.6 Å². The highest BCUT2D eigenvalue weighted by Gasteiger charge is 2.23. The van der Waals surface area contributed by atoms with Crippen molar-refractivity contribution in [2.45, 2.75) is 13.0 Å². The van der Waals surface area contributed by atoms with Gasteiger partial charge in [0.25, 0.3) is 5.91 Å². The van der Waals surface area contributed by atoms with Gasteiger partial charge in [0.1, 0.15) is 12.7 Å². The number of thiophene rings is 1. The second-order valence-electron chi connectivity index (χ2n) is 6.36. The number of carbonyl (C=O) groups excluding carboxylic acids is 1. The van der Waals surface area contributed by atoms with Crippen LogP contribution in [0.5, 0.6) is 0 Å². The Hall–Kier alpha value is -2.51. The number of carbonyl (C=O) groups is 1. The number of benzene rings is 1. The van der Waals surface area contributed by atoms with E-state index in [2.05, 4.69) is 32.5 Å². The predicted molar refractivity (Wildman–Crippen MR) is 101 cm³/mol. The maximum Gasteiger partial charge on any atom is 0.256 e. The molecule has 134 valence electrons. The molecule has 1 fully saturated rings. The molecule has 1 aromatic carbocycles. The van der Waals surface area contributed by atoms with Crippen molar-refractivity contribution < 1.29 is 4.79 Å². The number of nitrogens with zero attached hydrogens (tertiary/aromatic N) is 5. The molecule has 1 saturated heterocycles. The fourth-order valence-corrected chi connectivity index (χ4v) is 4.06. The van der Waals surface area contributed by atoms with E-state index in [9.17, 15) is 4.79 Å². The molecule has 3 heterocycles. The molecule has 0 spiro atoms. The second-order valence-corrected chi connectivity index (χ2v) is 7.39. The zero-order valence-electron chi connectivity index (χ0n) is 14.5. The van der Waals surface area contributed by atoms with Crippen LogP contribution >= 0.6 is 11.3 Å². The molecule has 0 atom stereocenters. The van der Waals surface area contributed by atoms with Crippen LogP contribution in [0, 0.1) is 0 Å². The molecule has 0 N–H and O–H groups in total. The third-order valence-corrected chi connectivity index (χ3v) is 5.50. The van der Waals surface area contributed by atoms with Gasteiger partial charge in [0, 0.05) is 37.6 Å². The summed E-state index contributed by atoms with van der Waals surface area (Å²) in [4.78, 5) is 22.9. The van der Waals surface area contributed by atoms with Gasteiger partial charge in [0.15, 0.2) is 0 Å². The predicted octanol–water partition coefficient (Wildman–Crippen LogP) is 2.68. The monoisotopic (exact) mass is 367 g/mol. The van der Waals surface area contributed by atoms with Gasteiger partial charge in [-0.05, 0) is 30.0 Å². The molecule has 2 aromatic heterocycles. The lowest BCUT2D eigenvalue weighted by Gasteiger charge is -2.22. The molecule has 4 rings (SSSR count). The summed E-state index contributed by atoms with van der Waals surface area (Å²) in [6, 6.07) is 11.9. The van der Waals surface area contributed by atoms with Crippen LogP contribution in [0.15, 0.2) is 54.4 Å². The molecule has 7 heteroatoms. The lowest BCUT2D eigenvalue weighted by atomic mass is 10.1. The van der Waals surface area contributed by atoms with Crippen molar-refractivity contribution in [3.63, 3.8) is 0 Å². The number of amides is 1. The zero-order valence-corrected chi connectivity index (χ0v) is 15.3. The van der Waals surface area contributed by atoms with E-state index < -0.39 is 0 Å². The van der Waals surface area contributed by atoms with E-state index in [1.807, 2.05) is 29.2 Å². The minimum Gasteiger partial charge on any atom is -0.337 e. The second kappa shape index (κ2) is 7.80. The SMILES string of the molecule is O=C(c1ccccc1-n1cncn1)N1CCCN(Cc2cccs2)CC1. The number of hydrogen-bond acceptors (Lipinski definition) is 5. The van der Waals surface area contributed by atoms with Gasteiger partial charge in [0.2, 0.25) is 0 Å². The minimum atomic E-state index is 0.0640. The summed E-state index contributed by atoms with van der Waals surface area (Å²) in [6.07, 6.45) is 4.09. The van der Waals surface area contributed by atoms with Crippen LogP contribution < -0.4 is 0 Å². The summed E-state index contributed by atoms with van der Waals surface area (Å²) in [5.41, 5.74) is 1.44. The Bertz CT molecular complexity index is 847. The molecule has 1 aliphatic rings. The van der Waals surface area contributed by atoms with E-state index in [4.69, 9.17) is 0 Å². The molecule has 3 aromatic rings. The van der Waals surface area contributed by atoms with Crippen molar-refractivity contribution >= 4 is 17.2 Å². The number of aromatic nitrogens is 3. The van der Waals surface area contributed by atoms with E-state index in [-0.39, 0.29) is 5.91 Å². The van der Waals surface area contributed by atoms with Crippen molar-refractivity contribution in [3.05, 3.63) is 64.9 Å². The first kappa shape index (κ1) is 16.9. The van der Waals surface area contributed by atoms with E-state index in [1.165, 1.54) is 11.2 Å². The first-order valence-electron chi connectivity index (χ1n) is 8.79. The molecule has 0 aliphatic carbocycles. The number of para-hydroxylation sites is 1. The summed E-state index contributed by atoms with van der Waals surface area (Å²) in [5, 5.41) is 6.29. The maximum absolute atomic E-state index is 13.1. The van der Waals surface area contributed by atoms with Crippen LogP contribution in [-0.4, -0.2) is 56.7 Å². The molecule has 0 radical (unpaired) electrons. The fraction of sp³-hybridized carbons (Fsp3) is 0.316. The van der Waals surface area contributed by atoms with Crippen LogP contribution in [0.4, 0.5) is 0 Å². The summed E-state index contributed by atoms with van der Waals surface area (Å²) >= 11 is 1.79. The minimum absolute atomic E-state index is 0.0640. The first-order chi connectivity index (χ1) is 12.8. The van der Waals surface area contributed by atoms with Gasteiger partial charge >= 0.3 is 0 Å². The number of hydrogen-bond donors (Lipinski definition) is 0. The molecule has 0 bridgehead atoms. The van der Waals surface area contributed by atoms with Gasteiger partial charge in [-0.1, -0.05) is 18.2 Å². The molecule has 6 nitrogen and oxygen atoms in total. The van der Waals surface area contributed by atoms with Crippen molar-refractivity contribution in [3.8, 4) is 5.69 Å². The quantitative estimate of drug-likeness (QED) is 0.711. The normalized spacial score (nSPS) is 15.8. The van der Waals surface area contributed by atoms with Crippen LogP contribution in [0.1, 0.15) is 21.7 Å². The smallest absolute Gasteiger partial charge is 0.256 e. The maximum atomic E-state index is 13.1. The summed E-state index contributed by atoms with van der Waals surface area (Å²) in [7, 11) is 0. The lowest BCUT2D eigenvalue weighted by molar-refractivity contribution is 0.0761. The van der Waals surface area contributed by atoms with Crippen LogP contribution in [0.25, 0.3) is 5.69 Å². The molecular formula is C19H21N5OS. The summed E-state index contributed by atoms with van der Waals surface area (Å²) in [5.74, 6) is 0.0640. The van der Waals surface area contributed by atoms with Crippen LogP contribution in [0.3, 0.4) is 0 Å². The van der Waals surface area contributed by atoms with E-state index in [1.54, 1.807) is 22.3 Å². The van der Waals surface area contributed by atoms with Gasteiger partial charge in [-0.3, -0.25) is 9.69 Å². The highest BCUT2D eigenvalue weighted by atomic mass is 32.1. The Kier molecular flexibility index (Phi) is 5.08. The average Bonchev–Trinajstić information content (AvgIpc) is 3.33. The van der Waals surface area contributed by atoms with Crippen molar-refractivity contribution in [1.29, 1.82) is 0 Å². The summed E-state index contributed by atoms with van der Waals surface area (Å²) < 4.78 is 1.65. The van der Waals surface area contributed by atoms with Crippen LogP contribution in [0.2, 0.25) is 0 Å². The number of rotatable bonds is 4. The fourth-order valence-electron chi connectivity index (χ4n) is 3.31. The highest BCUT2D eigenvalue weighted by Crippen LogP contribution is 2.18. The van der Waals surface area contributed by atoms with Crippen LogP contribution in [-0.2, 0) is 6.54 Å². The van der Waals surface area contributed by atoms with E-state index in [0.29, 0.717) is 5.56 Å². The Morgan fingerprint density at radius 3 is 2.81 bits per heavy atom. The molecule has 1 amide bonds. The van der Waals surface area contributed by atoms with Gasteiger partial charge in [-0.25, -0.2) is 9.67 Å². The van der Waals surface area contributed by atoms with E-state index in [0.717, 1.165) is 44.8 Å². The molecule has 0 unspecified atom stereocenters. The Morgan fingerprint density at radius 1 is 1.08 bits per heavy atom. The molecule has 0 saturated carbocycles. The van der Waals surface area contributed by atoms with Crippen molar-refractivity contribution in [2.75, 3.05) is 26.2 Å². The Morgan fingerprint density at radius 2 is 2.00 bits per heavy atom. The zero-order chi connectivity index (χ0) is 17.8. The van der Waals surface area contributed by atoms with Gasteiger partial charge in [-0.2, -0.15) is 5.10 Å². The van der Waals surface area contributed by atoms with Gasteiger partial charge < -0.3 is 4.90 Å². The Labute approximate surface area is 156 Å². The highest BCUT2D eigenvalue weighted by molar-refractivity contribution is 7.09. The average molecular weight is 367 g/mol. The molecule has 1 aliphatic heterocycles. The van der Waals surface area contributed by atoms with Crippen molar-refractivity contribution in [2.24, 2.45) is 0 Å². The Balaban J connectivity index is 1.47. The third kappa shape index (κ3) is 3.68. The first-order valence-corrected chi connectivity index (χ1v) is 9.67. The largest absolute Gasteiger partial charge is 0.337 e. The standard InChI is InChI=1S/C19H21N5OS/c25-19(17-6-1-2-7-18(17)24-15-20-14-21-24)23-9-4-8-22(10-11-23)13-16-5-3-12-26-16/h1-3,5-7,12,14-15H,4,8-11,13H2. The lowest BCUT2D eigenvalue weighted by Crippen LogP contribution is -2.35. The topological polar surface area (TPSA) is 54.3 Å². The van der Waals surface area contributed by atoms with Gasteiger partial charge in [0.05, 0.1) is 11.3 Å². The third-order valence-electron chi connectivity index (χ3n) is 4.64.